The van der Waals surface area contributed by atoms with Crippen molar-refractivity contribution in [1.29, 1.82) is 0 Å². The largest absolute Gasteiger partial charge is 0.433 e. The summed E-state index contributed by atoms with van der Waals surface area (Å²) in [4.78, 5) is 13.3. The number of benzene rings is 1. The topological polar surface area (TPSA) is 38.7 Å². The lowest BCUT2D eigenvalue weighted by atomic mass is 10.1. The normalized spacial score (nSPS) is 11.6. The highest BCUT2D eigenvalue weighted by atomic mass is 35.5. The van der Waals surface area contributed by atoms with Gasteiger partial charge in [-0.25, -0.2) is 9.97 Å². The van der Waals surface area contributed by atoms with Gasteiger partial charge >= 0.3 is 6.18 Å². The fourth-order valence-electron chi connectivity index (χ4n) is 2.62. The average Bonchev–Trinajstić information content (AvgIpc) is 3.22. The molecule has 4 aromatic rings. The number of halogens is 4. The van der Waals surface area contributed by atoms with E-state index in [4.69, 9.17) is 11.6 Å². The predicted molar refractivity (Wildman–Crippen MR) is 104 cm³/mol. The third kappa shape index (κ3) is 3.90. The number of aromatic nitrogens is 3. The van der Waals surface area contributed by atoms with Gasteiger partial charge in [-0.15, -0.1) is 11.3 Å². The molecule has 0 saturated heterocycles. The Balaban J connectivity index is 1.86. The van der Waals surface area contributed by atoms with Crippen LogP contribution < -0.4 is 0 Å². The number of alkyl halides is 3. The van der Waals surface area contributed by atoms with Crippen molar-refractivity contribution >= 4 is 22.9 Å². The zero-order chi connectivity index (χ0) is 19.7. The molecule has 3 heterocycles. The Kier molecular flexibility index (Phi) is 4.87. The van der Waals surface area contributed by atoms with E-state index in [0.29, 0.717) is 21.8 Å². The van der Waals surface area contributed by atoms with Crippen LogP contribution in [0.4, 0.5) is 13.2 Å². The van der Waals surface area contributed by atoms with Gasteiger partial charge in [-0.05, 0) is 41.8 Å². The van der Waals surface area contributed by atoms with E-state index in [-0.39, 0.29) is 11.5 Å². The molecular weight excluding hydrogens is 407 g/mol. The molecule has 0 aliphatic heterocycles. The SMILES string of the molecule is FC(F)(F)c1cc(-c2ccc(Cl)cc2)nc(-c2ccnc(-c3cccs3)c2)n1. The molecule has 3 nitrogen and oxygen atoms in total. The number of thiophene rings is 1. The van der Waals surface area contributed by atoms with Crippen molar-refractivity contribution in [2.75, 3.05) is 0 Å². The number of nitrogens with zero attached hydrogens (tertiary/aromatic N) is 3. The molecule has 0 fully saturated rings. The van der Waals surface area contributed by atoms with Gasteiger partial charge in [0.25, 0.3) is 0 Å². The highest BCUT2D eigenvalue weighted by Crippen LogP contribution is 2.33. The molecule has 0 unspecified atom stereocenters. The summed E-state index contributed by atoms with van der Waals surface area (Å²) in [6.45, 7) is 0. The molecule has 0 aliphatic rings. The number of rotatable bonds is 3. The van der Waals surface area contributed by atoms with E-state index >= 15 is 0 Å². The Morgan fingerprint density at radius 3 is 2.32 bits per heavy atom. The first-order valence-corrected chi connectivity index (χ1v) is 9.38. The van der Waals surface area contributed by atoms with Gasteiger partial charge < -0.3 is 0 Å². The third-order valence-electron chi connectivity index (χ3n) is 3.95. The summed E-state index contributed by atoms with van der Waals surface area (Å²) in [5.74, 6) is -0.0139. The summed E-state index contributed by atoms with van der Waals surface area (Å²) in [6, 6.07) is 14.5. The molecule has 0 aliphatic carbocycles. The number of hydrogen-bond donors (Lipinski definition) is 0. The van der Waals surface area contributed by atoms with Gasteiger partial charge in [0.05, 0.1) is 16.3 Å². The van der Waals surface area contributed by atoms with Gasteiger partial charge in [0, 0.05) is 22.3 Å². The quantitative estimate of drug-likeness (QED) is 0.376. The molecule has 1 aromatic carbocycles. The minimum Gasteiger partial charge on any atom is -0.255 e. The van der Waals surface area contributed by atoms with Crippen LogP contribution in [-0.4, -0.2) is 15.0 Å². The Labute approximate surface area is 167 Å². The Bertz CT molecular complexity index is 1110. The molecule has 4 rings (SSSR count). The second kappa shape index (κ2) is 7.33. The van der Waals surface area contributed by atoms with Gasteiger partial charge in [-0.3, -0.25) is 4.98 Å². The van der Waals surface area contributed by atoms with Crippen molar-refractivity contribution in [3.63, 3.8) is 0 Å². The summed E-state index contributed by atoms with van der Waals surface area (Å²) in [6.07, 6.45) is -3.06. The first-order chi connectivity index (χ1) is 13.4. The monoisotopic (exact) mass is 417 g/mol. The molecule has 0 atom stereocenters. The predicted octanol–water partition coefficient (Wildman–Crippen LogP) is 6.61. The van der Waals surface area contributed by atoms with E-state index in [1.807, 2.05) is 17.5 Å². The Hall–Kier alpha value is -2.77. The van der Waals surface area contributed by atoms with Crippen LogP contribution in [0.15, 0.2) is 66.2 Å². The molecule has 0 bridgehead atoms. The summed E-state index contributed by atoms with van der Waals surface area (Å²) in [7, 11) is 0. The molecule has 28 heavy (non-hydrogen) atoms. The number of hydrogen-bond acceptors (Lipinski definition) is 4. The van der Waals surface area contributed by atoms with Crippen molar-refractivity contribution in [3.05, 3.63) is 76.9 Å². The lowest BCUT2D eigenvalue weighted by Crippen LogP contribution is -2.10. The van der Waals surface area contributed by atoms with E-state index in [1.165, 1.54) is 17.5 Å². The van der Waals surface area contributed by atoms with E-state index < -0.39 is 11.9 Å². The lowest BCUT2D eigenvalue weighted by Gasteiger charge is -2.11. The molecule has 8 heteroatoms. The van der Waals surface area contributed by atoms with E-state index in [2.05, 4.69) is 15.0 Å². The lowest BCUT2D eigenvalue weighted by molar-refractivity contribution is -0.141. The maximum Gasteiger partial charge on any atom is 0.433 e. The van der Waals surface area contributed by atoms with Crippen molar-refractivity contribution in [1.82, 2.24) is 15.0 Å². The molecule has 0 spiro atoms. The molecule has 0 N–H and O–H groups in total. The zero-order valence-corrected chi connectivity index (χ0v) is 15.7. The summed E-state index contributed by atoms with van der Waals surface area (Å²) in [5, 5.41) is 2.40. The molecule has 0 amide bonds. The van der Waals surface area contributed by atoms with Crippen LogP contribution in [0.2, 0.25) is 5.02 Å². The van der Waals surface area contributed by atoms with E-state index in [1.54, 1.807) is 36.4 Å². The highest BCUT2D eigenvalue weighted by Gasteiger charge is 2.34. The molecule has 0 radical (unpaired) electrons. The maximum atomic E-state index is 13.4. The van der Waals surface area contributed by atoms with Crippen molar-refractivity contribution < 1.29 is 13.2 Å². The fourth-order valence-corrected chi connectivity index (χ4v) is 3.44. The summed E-state index contributed by atoms with van der Waals surface area (Å²) >= 11 is 7.37. The van der Waals surface area contributed by atoms with Gasteiger partial charge in [0.15, 0.2) is 5.82 Å². The van der Waals surface area contributed by atoms with Crippen LogP contribution in [0.3, 0.4) is 0 Å². The van der Waals surface area contributed by atoms with Gasteiger partial charge in [-0.1, -0.05) is 29.8 Å². The summed E-state index contributed by atoms with van der Waals surface area (Å²) < 4.78 is 40.3. The Morgan fingerprint density at radius 1 is 0.857 bits per heavy atom. The van der Waals surface area contributed by atoms with Crippen molar-refractivity contribution in [2.24, 2.45) is 0 Å². The summed E-state index contributed by atoms with van der Waals surface area (Å²) in [5.41, 5.74) is 0.799. The fraction of sp³-hybridized carbons (Fsp3) is 0.0500. The van der Waals surface area contributed by atoms with Crippen LogP contribution in [0.25, 0.3) is 33.2 Å². The smallest absolute Gasteiger partial charge is 0.255 e. The van der Waals surface area contributed by atoms with Crippen LogP contribution >= 0.6 is 22.9 Å². The van der Waals surface area contributed by atoms with Gasteiger partial charge in [0.2, 0.25) is 0 Å². The van der Waals surface area contributed by atoms with Gasteiger partial charge in [-0.2, -0.15) is 13.2 Å². The van der Waals surface area contributed by atoms with Gasteiger partial charge in [0.1, 0.15) is 5.69 Å². The van der Waals surface area contributed by atoms with Crippen LogP contribution in [-0.2, 0) is 6.18 Å². The second-order valence-corrected chi connectivity index (χ2v) is 7.26. The maximum absolute atomic E-state index is 13.4. The minimum atomic E-state index is -4.59. The third-order valence-corrected chi connectivity index (χ3v) is 5.09. The molecule has 3 aromatic heterocycles. The molecule has 140 valence electrons. The number of pyridine rings is 1. The van der Waals surface area contributed by atoms with E-state index in [9.17, 15) is 13.2 Å². The standard InChI is InChI=1S/C20H11ClF3N3S/c21-14-5-3-12(4-6-14)15-11-18(20(22,23)24)27-19(26-15)13-7-8-25-16(10-13)17-2-1-9-28-17/h1-11H. The van der Waals surface area contributed by atoms with Crippen LogP contribution in [0.5, 0.6) is 0 Å². The first-order valence-electron chi connectivity index (χ1n) is 8.13. The van der Waals surface area contributed by atoms with E-state index in [0.717, 1.165) is 10.9 Å². The van der Waals surface area contributed by atoms with Crippen LogP contribution in [0, 0.1) is 0 Å². The first kappa shape index (κ1) is 18.6. The van der Waals surface area contributed by atoms with Crippen molar-refractivity contribution in [2.45, 2.75) is 6.18 Å². The molecule has 0 saturated carbocycles. The second-order valence-electron chi connectivity index (χ2n) is 5.87. The Morgan fingerprint density at radius 2 is 1.64 bits per heavy atom. The zero-order valence-electron chi connectivity index (χ0n) is 14.1. The highest BCUT2D eigenvalue weighted by molar-refractivity contribution is 7.13. The minimum absolute atomic E-state index is 0.0139. The molecular formula is C20H11ClF3N3S. The average molecular weight is 418 g/mol. The van der Waals surface area contributed by atoms with Crippen molar-refractivity contribution in [3.8, 4) is 33.2 Å². The van der Waals surface area contributed by atoms with Crippen LogP contribution in [0.1, 0.15) is 5.69 Å².